The van der Waals surface area contributed by atoms with Gasteiger partial charge in [0.25, 0.3) is 0 Å². The highest BCUT2D eigenvalue weighted by molar-refractivity contribution is 5.68. The van der Waals surface area contributed by atoms with Crippen LogP contribution in [0.4, 0.5) is 10.7 Å². The van der Waals surface area contributed by atoms with Gasteiger partial charge in [0, 0.05) is 5.56 Å². The van der Waals surface area contributed by atoms with E-state index in [1.54, 1.807) is 0 Å². The molecular formula is C11H17N3O3. The second-order valence-electron chi connectivity index (χ2n) is 5.15. The van der Waals surface area contributed by atoms with E-state index in [1.807, 2.05) is 20.8 Å². The molecule has 17 heavy (non-hydrogen) atoms. The quantitative estimate of drug-likeness (QED) is 0.779. The molecule has 0 aliphatic heterocycles. The van der Waals surface area contributed by atoms with E-state index >= 15 is 0 Å². The maximum Gasteiger partial charge on any atom is 0.408 e. The van der Waals surface area contributed by atoms with Crippen LogP contribution in [0.25, 0.3) is 0 Å². The lowest BCUT2D eigenvalue weighted by Crippen LogP contribution is -2.34. The number of anilines is 1. The van der Waals surface area contributed by atoms with Gasteiger partial charge in [-0.25, -0.2) is 4.79 Å². The number of nitrogens with zero attached hydrogens (tertiary/aromatic N) is 1. The standard InChI is InChI=1S/C11H17N3O3/c1-11(2,3)16-10(15)13-7-5-4-6-8(7)14-17-9(6)12/h7H,4-5,12H2,1-3H3,(H,13,15). The summed E-state index contributed by atoms with van der Waals surface area (Å²) in [6, 6.07) is -0.166. The molecule has 1 atom stereocenters. The highest BCUT2D eigenvalue weighted by atomic mass is 16.6. The topological polar surface area (TPSA) is 90.4 Å². The summed E-state index contributed by atoms with van der Waals surface area (Å²) >= 11 is 0. The van der Waals surface area contributed by atoms with E-state index in [9.17, 15) is 4.79 Å². The predicted molar refractivity (Wildman–Crippen MR) is 61.3 cm³/mol. The van der Waals surface area contributed by atoms with E-state index in [0.717, 1.165) is 18.4 Å². The molecule has 0 spiro atoms. The van der Waals surface area contributed by atoms with Crippen molar-refractivity contribution >= 4 is 12.0 Å². The second-order valence-corrected chi connectivity index (χ2v) is 5.15. The summed E-state index contributed by atoms with van der Waals surface area (Å²) in [5.41, 5.74) is 6.72. The zero-order chi connectivity index (χ0) is 12.6. The largest absolute Gasteiger partial charge is 0.444 e. The van der Waals surface area contributed by atoms with Gasteiger partial charge >= 0.3 is 6.09 Å². The average Bonchev–Trinajstić information content (AvgIpc) is 2.69. The van der Waals surface area contributed by atoms with E-state index in [-0.39, 0.29) is 6.04 Å². The minimum Gasteiger partial charge on any atom is -0.444 e. The molecule has 1 amide bonds. The van der Waals surface area contributed by atoms with Gasteiger partial charge in [-0.2, -0.15) is 0 Å². The summed E-state index contributed by atoms with van der Waals surface area (Å²) in [6.45, 7) is 5.46. The van der Waals surface area contributed by atoms with Crippen molar-refractivity contribution in [2.24, 2.45) is 0 Å². The van der Waals surface area contributed by atoms with Gasteiger partial charge in [0.15, 0.2) is 0 Å². The molecule has 2 rings (SSSR count). The number of aromatic nitrogens is 1. The minimum atomic E-state index is -0.506. The van der Waals surface area contributed by atoms with Crippen LogP contribution in [0.3, 0.4) is 0 Å². The zero-order valence-electron chi connectivity index (χ0n) is 10.2. The van der Waals surface area contributed by atoms with Gasteiger partial charge in [0.05, 0.1) is 6.04 Å². The molecular weight excluding hydrogens is 222 g/mol. The Bertz CT molecular complexity index is 434. The van der Waals surface area contributed by atoms with Gasteiger partial charge in [0.2, 0.25) is 5.88 Å². The molecule has 1 aromatic rings. The first-order valence-electron chi connectivity index (χ1n) is 5.60. The van der Waals surface area contributed by atoms with Gasteiger partial charge in [-0.15, -0.1) is 0 Å². The summed E-state index contributed by atoms with van der Waals surface area (Å²) in [5.74, 6) is 0.341. The Balaban J connectivity index is 2.00. The number of carbonyl (C=O) groups is 1. The first-order chi connectivity index (χ1) is 7.87. The van der Waals surface area contributed by atoms with Crippen molar-refractivity contribution in [3.63, 3.8) is 0 Å². The predicted octanol–water partition coefficient (Wildman–Crippen LogP) is 1.77. The SMILES string of the molecule is CC(C)(C)OC(=O)NC1CCc2c1noc2N. The van der Waals surface area contributed by atoms with Gasteiger partial charge in [0.1, 0.15) is 11.3 Å². The average molecular weight is 239 g/mol. The van der Waals surface area contributed by atoms with Gasteiger partial charge in [-0.05, 0) is 33.6 Å². The molecule has 6 nitrogen and oxygen atoms in total. The van der Waals surface area contributed by atoms with Crippen LogP contribution in [0.2, 0.25) is 0 Å². The molecule has 0 radical (unpaired) electrons. The van der Waals surface area contributed by atoms with Crippen LogP contribution in [0.1, 0.15) is 44.5 Å². The lowest BCUT2D eigenvalue weighted by molar-refractivity contribution is 0.0502. The van der Waals surface area contributed by atoms with Crippen LogP contribution in [-0.2, 0) is 11.2 Å². The molecule has 94 valence electrons. The molecule has 0 fully saturated rings. The summed E-state index contributed by atoms with van der Waals surface area (Å²) < 4.78 is 10.1. The van der Waals surface area contributed by atoms with Crippen molar-refractivity contribution in [2.75, 3.05) is 5.73 Å². The number of ether oxygens (including phenoxy) is 1. The van der Waals surface area contributed by atoms with Crippen LogP contribution >= 0.6 is 0 Å². The maximum atomic E-state index is 11.6. The van der Waals surface area contributed by atoms with Crippen molar-refractivity contribution in [2.45, 2.75) is 45.3 Å². The Kier molecular flexibility index (Phi) is 2.73. The Morgan fingerprint density at radius 1 is 1.59 bits per heavy atom. The second kappa shape index (κ2) is 3.94. The minimum absolute atomic E-state index is 0.166. The molecule has 0 bridgehead atoms. The third kappa shape index (κ3) is 2.51. The number of fused-ring (bicyclic) bond motifs is 1. The fourth-order valence-electron chi connectivity index (χ4n) is 1.88. The van der Waals surface area contributed by atoms with Crippen molar-refractivity contribution in [3.8, 4) is 0 Å². The first kappa shape index (κ1) is 11.8. The molecule has 3 N–H and O–H groups in total. The number of hydrogen-bond donors (Lipinski definition) is 2. The fraction of sp³-hybridized carbons (Fsp3) is 0.636. The Labute approximate surface area is 99.5 Å². The van der Waals surface area contributed by atoms with E-state index < -0.39 is 11.7 Å². The Hall–Kier alpha value is -1.72. The lowest BCUT2D eigenvalue weighted by atomic mass is 10.2. The monoisotopic (exact) mass is 239 g/mol. The summed E-state index contributed by atoms with van der Waals surface area (Å²) in [6.07, 6.45) is 1.10. The van der Waals surface area contributed by atoms with E-state index in [4.69, 9.17) is 15.0 Å². The van der Waals surface area contributed by atoms with Crippen molar-refractivity contribution in [1.29, 1.82) is 0 Å². The third-order valence-corrected chi connectivity index (χ3v) is 2.55. The van der Waals surface area contributed by atoms with E-state index in [2.05, 4.69) is 10.5 Å². The van der Waals surface area contributed by atoms with Crippen LogP contribution in [-0.4, -0.2) is 16.9 Å². The number of nitrogens with two attached hydrogens (primary N) is 1. The summed E-state index contributed by atoms with van der Waals surface area (Å²) in [5, 5.41) is 6.62. The van der Waals surface area contributed by atoms with Crippen molar-refractivity contribution < 1.29 is 14.1 Å². The van der Waals surface area contributed by atoms with Crippen molar-refractivity contribution in [1.82, 2.24) is 10.5 Å². The molecule has 1 aliphatic rings. The van der Waals surface area contributed by atoms with E-state index in [1.165, 1.54) is 0 Å². The van der Waals surface area contributed by atoms with Gasteiger partial charge in [-0.3, -0.25) is 0 Å². The lowest BCUT2D eigenvalue weighted by Gasteiger charge is -2.21. The number of nitrogen functional groups attached to an aromatic ring is 1. The smallest absolute Gasteiger partial charge is 0.408 e. The molecule has 1 heterocycles. The first-order valence-corrected chi connectivity index (χ1v) is 5.60. The zero-order valence-corrected chi connectivity index (χ0v) is 10.2. The molecule has 0 saturated carbocycles. The fourth-order valence-corrected chi connectivity index (χ4v) is 1.88. The number of alkyl carbamates (subject to hydrolysis) is 1. The summed E-state index contributed by atoms with van der Waals surface area (Å²) in [4.78, 5) is 11.6. The van der Waals surface area contributed by atoms with Crippen LogP contribution in [0.5, 0.6) is 0 Å². The third-order valence-electron chi connectivity index (χ3n) is 2.55. The van der Waals surface area contributed by atoms with Crippen LogP contribution < -0.4 is 11.1 Å². The molecule has 6 heteroatoms. The number of nitrogens with one attached hydrogen (secondary N) is 1. The number of carbonyl (C=O) groups excluding carboxylic acids is 1. The molecule has 1 unspecified atom stereocenters. The number of amides is 1. The molecule has 1 aromatic heterocycles. The van der Waals surface area contributed by atoms with Crippen molar-refractivity contribution in [3.05, 3.63) is 11.3 Å². The van der Waals surface area contributed by atoms with E-state index in [0.29, 0.717) is 11.6 Å². The normalized spacial score (nSPS) is 18.9. The highest BCUT2D eigenvalue weighted by Crippen LogP contribution is 2.33. The van der Waals surface area contributed by atoms with Gasteiger partial charge < -0.3 is 20.3 Å². The number of rotatable bonds is 1. The molecule has 0 aromatic carbocycles. The molecule has 1 aliphatic carbocycles. The highest BCUT2D eigenvalue weighted by Gasteiger charge is 2.31. The number of hydrogen-bond acceptors (Lipinski definition) is 5. The molecule has 0 saturated heterocycles. The van der Waals surface area contributed by atoms with Crippen LogP contribution in [0, 0.1) is 0 Å². The maximum absolute atomic E-state index is 11.6. The Morgan fingerprint density at radius 3 is 2.94 bits per heavy atom. The van der Waals surface area contributed by atoms with Crippen LogP contribution in [0.15, 0.2) is 4.52 Å². The van der Waals surface area contributed by atoms with Gasteiger partial charge in [-0.1, -0.05) is 5.16 Å². The summed E-state index contributed by atoms with van der Waals surface area (Å²) in [7, 11) is 0. The Morgan fingerprint density at radius 2 is 2.29 bits per heavy atom.